The van der Waals surface area contributed by atoms with Gasteiger partial charge >= 0.3 is 0 Å². The maximum atomic E-state index is 6.23. The number of nitrogens with one attached hydrogen (secondary N) is 1. The molecular formula is C17H18ClNO3. The first kappa shape index (κ1) is 15.0. The van der Waals surface area contributed by atoms with Crippen molar-refractivity contribution in [2.24, 2.45) is 0 Å². The molecule has 1 heterocycles. The summed E-state index contributed by atoms with van der Waals surface area (Å²) in [6.07, 6.45) is 0. The molecule has 1 aliphatic heterocycles. The maximum absolute atomic E-state index is 6.23. The normalized spacial score (nSPS) is 13.0. The Morgan fingerprint density at radius 2 is 1.91 bits per heavy atom. The van der Waals surface area contributed by atoms with E-state index < -0.39 is 0 Å². The fourth-order valence-corrected chi connectivity index (χ4v) is 2.69. The van der Waals surface area contributed by atoms with Crippen LogP contribution in [0, 0.1) is 0 Å². The van der Waals surface area contributed by atoms with Crippen LogP contribution in [-0.2, 0) is 13.1 Å². The summed E-state index contributed by atoms with van der Waals surface area (Å²) in [5, 5.41) is 3.99. The topological polar surface area (TPSA) is 39.7 Å². The van der Waals surface area contributed by atoms with E-state index in [0.717, 1.165) is 23.6 Å². The third-order valence-corrected chi connectivity index (χ3v) is 3.73. The van der Waals surface area contributed by atoms with E-state index in [-0.39, 0.29) is 0 Å². The zero-order chi connectivity index (χ0) is 15.4. The van der Waals surface area contributed by atoms with E-state index in [1.54, 1.807) is 7.11 Å². The van der Waals surface area contributed by atoms with Gasteiger partial charge in [-0.05, 0) is 35.4 Å². The summed E-state index contributed by atoms with van der Waals surface area (Å²) in [6, 6.07) is 11.9. The van der Waals surface area contributed by atoms with Crippen molar-refractivity contribution in [2.75, 3.05) is 20.3 Å². The van der Waals surface area contributed by atoms with Gasteiger partial charge in [-0.2, -0.15) is 0 Å². The molecule has 2 aromatic rings. The number of fused-ring (bicyclic) bond motifs is 1. The quantitative estimate of drug-likeness (QED) is 0.917. The van der Waals surface area contributed by atoms with Gasteiger partial charge < -0.3 is 19.5 Å². The summed E-state index contributed by atoms with van der Waals surface area (Å²) in [4.78, 5) is 0. The number of halogens is 1. The van der Waals surface area contributed by atoms with Crippen LogP contribution in [0.1, 0.15) is 11.1 Å². The van der Waals surface area contributed by atoms with E-state index in [9.17, 15) is 0 Å². The van der Waals surface area contributed by atoms with Gasteiger partial charge in [0.15, 0.2) is 11.5 Å². The lowest BCUT2D eigenvalue weighted by Gasteiger charge is -2.20. The number of benzene rings is 2. The molecular weight excluding hydrogens is 302 g/mol. The largest absolute Gasteiger partial charge is 0.497 e. The lowest BCUT2D eigenvalue weighted by molar-refractivity contribution is 0.171. The van der Waals surface area contributed by atoms with Gasteiger partial charge in [-0.15, -0.1) is 0 Å². The number of rotatable bonds is 5. The molecule has 5 heteroatoms. The average Bonchev–Trinajstić information content (AvgIpc) is 2.55. The fraction of sp³-hybridized carbons (Fsp3) is 0.294. The minimum Gasteiger partial charge on any atom is -0.497 e. The van der Waals surface area contributed by atoms with E-state index >= 15 is 0 Å². The Morgan fingerprint density at radius 3 is 2.77 bits per heavy atom. The Kier molecular flexibility index (Phi) is 4.71. The minimum absolute atomic E-state index is 0.542. The van der Waals surface area contributed by atoms with Crippen molar-refractivity contribution in [1.29, 1.82) is 0 Å². The molecule has 0 saturated heterocycles. The zero-order valence-corrected chi connectivity index (χ0v) is 13.2. The molecule has 4 nitrogen and oxygen atoms in total. The Morgan fingerprint density at radius 1 is 1.09 bits per heavy atom. The van der Waals surface area contributed by atoms with Gasteiger partial charge in [-0.1, -0.05) is 23.7 Å². The van der Waals surface area contributed by atoms with E-state index in [1.807, 2.05) is 30.3 Å². The molecule has 0 bridgehead atoms. The molecule has 3 rings (SSSR count). The SMILES string of the molecule is COc1cccc(CNCc2cc(Cl)c3c(c2)OCCO3)c1. The molecule has 2 aromatic carbocycles. The van der Waals surface area contributed by atoms with Crippen molar-refractivity contribution in [3.63, 3.8) is 0 Å². The summed E-state index contributed by atoms with van der Waals surface area (Å²) in [6.45, 7) is 2.56. The smallest absolute Gasteiger partial charge is 0.179 e. The van der Waals surface area contributed by atoms with Crippen molar-refractivity contribution < 1.29 is 14.2 Å². The average molecular weight is 320 g/mol. The highest BCUT2D eigenvalue weighted by molar-refractivity contribution is 6.32. The number of methoxy groups -OCH3 is 1. The molecule has 116 valence electrons. The molecule has 0 spiro atoms. The van der Waals surface area contributed by atoms with Crippen LogP contribution >= 0.6 is 11.6 Å². The van der Waals surface area contributed by atoms with E-state index in [0.29, 0.717) is 30.5 Å². The molecule has 0 radical (unpaired) electrons. The summed E-state index contributed by atoms with van der Waals surface area (Å²) in [5.74, 6) is 2.23. The first-order chi connectivity index (χ1) is 10.8. The molecule has 1 aliphatic rings. The Balaban J connectivity index is 1.63. The molecule has 1 N–H and O–H groups in total. The molecule has 0 aromatic heterocycles. The second-order valence-corrected chi connectivity index (χ2v) is 5.46. The summed E-state index contributed by atoms with van der Waals surface area (Å²) in [5.41, 5.74) is 2.24. The van der Waals surface area contributed by atoms with Crippen LogP contribution in [0.4, 0.5) is 0 Å². The monoisotopic (exact) mass is 319 g/mol. The van der Waals surface area contributed by atoms with E-state index in [4.69, 9.17) is 25.8 Å². The summed E-state index contributed by atoms with van der Waals surface area (Å²) in [7, 11) is 1.67. The Labute approximate surface area is 135 Å². The molecule has 22 heavy (non-hydrogen) atoms. The molecule has 0 fully saturated rings. The van der Waals surface area contributed by atoms with Gasteiger partial charge in [0.2, 0.25) is 0 Å². The fourth-order valence-electron chi connectivity index (χ4n) is 2.40. The van der Waals surface area contributed by atoms with Crippen molar-refractivity contribution in [3.8, 4) is 17.2 Å². The highest BCUT2D eigenvalue weighted by Gasteiger charge is 2.16. The van der Waals surface area contributed by atoms with Crippen LogP contribution in [0.25, 0.3) is 0 Å². The summed E-state index contributed by atoms with van der Waals surface area (Å²) < 4.78 is 16.3. The van der Waals surface area contributed by atoms with E-state index in [2.05, 4.69) is 11.4 Å². The van der Waals surface area contributed by atoms with Crippen LogP contribution in [0.2, 0.25) is 5.02 Å². The molecule has 0 unspecified atom stereocenters. The van der Waals surface area contributed by atoms with Crippen LogP contribution in [0.5, 0.6) is 17.2 Å². The van der Waals surface area contributed by atoms with Gasteiger partial charge in [0.1, 0.15) is 19.0 Å². The zero-order valence-electron chi connectivity index (χ0n) is 12.4. The van der Waals surface area contributed by atoms with Gasteiger partial charge in [-0.25, -0.2) is 0 Å². The van der Waals surface area contributed by atoms with Crippen LogP contribution in [0.3, 0.4) is 0 Å². The van der Waals surface area contributed by atoms with Crippen molar-refractivity contribution in [2.45, 2.75) is 13.1 Å². The molecule has 0 saturated carbocycles. The van der Waals surface area contributed by atoms with Crippen molar-refractivity contribution >= 4 is 11.6 Å². The van der Waals surface area contributed by atoms with Gasteiger partial charge in [-0.3, -0.25) is 0 Å². The van der Waals surface area contributed by atoms with Crippen LogP contribution < -0.4 is 19.5 Å². The van der Waals surface area contributed by atoms with Gasteiger partial charge in [0.25, 0.3) is 0 Å². The first-order valence-corrected chi connectivity index (χ1v) is 7.56. The lowest BCUT2D eigenvalue weighted by Crippen LogP contribution is -2.17. The third-order valence-electron chi connectivity index (χ3n) is 3.45. The first-order valence-electron chi connectivity index (χ1n) is 7.18. The highest BCUT2D eigenvalue weighted by Crippen LogP contribution is 2.38. The Hall–Kier alpha value is -1.91. The maximum Gasteiger partial charge on any atom is 0.179 e. The molecule has 0 atom stereocenters. The second kappa shape index (κ2) is 6.90. The molecule has 0 aliphatic carbocycles. The highest BCUT2D eigenvalue weighted by atomic mass is 35.5. The van der Waals surface area contributed by atoms with Crippen LogP contribution in [0.15, 0.2) is 36.4 Å². The number of hydrogen-bond acceptors (Lipinski definition) is 4. The standard InChI is InChI=1S/C17H18ClNO3/c1-20-14-4-2-3-12(7-14)10-19-11-13-8-15(18)17-16(9-13)21-5-6-22-17/h2-4,7-9,19H,5-6,10-11H2,1H3. The molecule has 0 amide bonds. The number of hydrogen-bond donors (Lipinski definition) is 1. The minimum atomic E-state index is 0.542. The predicted octanol–water partition coefficient (Wildman–Crippen LogP) is 3.41. The van der Waals surface area contributed by atoms with Crippen LogP contribution in [-0.4, -0.2) is 20.3 Å². The van der Waals surface area contributed by atoms with Crippen molar-refractivity contribution in [3.05, 3.63) is 52.5 Å². The van der Waals surface area contributed by atoms with Crippen molar-refractivity contribution in [1.82, 2.24) is 5.32 Å². The third kappa shape index (κ3) is 3.46. The van der Waals surface area contributed by atoms with Gasteiger partial charge in [0.05, 0.1) is 12.1 Å². The summed E-state index contributed by atoms with van der Waals surface area (Å²) >= 11 is 6.23. The number of ether oxygens (including phenoxy) is 3. The lowest BCUT2D eigenvalue weighted by atomic mass is 10.1. The van der Waals surface area contributed by atoms with E-state index in [1.165, 1.54) is 5.56 Å². The predicted molar refractivity (Wildman–Crippen MR) is 86.0 cm³/mol. The van der Waals surface area contributed by atoms with Gasteiger partial charge in [0, 0.05) is 13.1 Å². The second-order valence-electron chi connectivity index (χ2n) is 5.06. The Bertz CT molecular complexity index is 660.